The number of hydrogen-bond acceptors (Lipinski definition) is 5. The predicted octanol–water partition coefficient (Wildman–Crippen LogP) is 4.46. The molecule has 2 aromatic carbocycles. The van der Waals surface area contributed by atoms with Gasteiger partial charge in [0.05, 0.1) is 0 Å². The highest BCUT2D eigenvalue weighted by Gasteiger charge is 2.29. The summed E-state index contributed by atoms with van der Waals surface area (Å²) in [6.45, 7) is 5.79. The summed E-state index contributed by atoms with van der Waals surface area (Å²) in [4.78, 5) is 25.2. The number of carbonyl (C=O) groups is 1. The van der Waals surface area contributed by atoms with Gasteiger partial charge in [-0.25, -0.2) is 18.7 Å². The van der Waals surface area contributed by atoms with Gasteiger partial charge in [-0.05, 0) is 43.2 Å². The largest absolute Gasteiger partial charge is 0.436 e. The minimum atomic E-state index is -0.808. The average Bonchev–Trinajstić information content (AvgIpc) is 2.81. The molecule has 166 valence electrons. The molecule has 1 saturated heterocycles. The number of aromatic nitrogens is 2. The lowest BCUT2D eigenvalue weighted by atomic mass is 10.1. The molecule has 6 nitrogen and oxygen atoms in total. The third-order valence-electron chi connectivity index (χ3n) is 5.56. The second-order valence-corrected chi connectivity index (χ2v) is 7.74. The fourth-order valence-electron chi connectivity index (χ4n) is 3.75. The maximum Gasteiger partial charge on any atom is 0.254 e. The Labute approximate surface area is 185 Å². The normalized spacial score (nSPS) is 16.2. The van der Waals surface area contributed by atoms with E-state index in [0.29, 0.717) is 31.0 Å². The molecule has 1 atom stereocenters. The van der Waals surface area contributed by atoms with Crippen molar-refractivity contribution in [3.05, 3.63) is 77.6 Å². The Morgan fingerprint density at radius 1 is 1.09 bits per heavy atom. The summed E-state index contributed by atoms with van der Waals surface area (Å²) in [5.41, 5.74) is 1.88. The first-order valence-corrected chi connectivity index (χ1v) is 10.5. The van der Waals surface area contributed by atoms with Gasteiger partial charge in [-0.2, -0.15) is 0 Å². The number of nitrogens with zero attached hydrogens (tertiary/aromatic N) is 4. The molecule has 0 radical (unpaired) electrons. The zero-order valence-corrected chi connectivity index (χ0v) is 18.0. The Balaban J connectivity index is 1.43. The highest BCUT2D eigenvalue weighted by Crippen LogP contribution is 2.26. The summed E-state index contributed by atoms with van der Waals surface area (Å²) in [5, 5.41) is 0. The van der Waals surface area contributed by atoms with Crippen molar-refractivity contribution < 1.29 is 18.3 Å². The number of halogens is 2. The Hall–Kier alpha value is -3.55. The average molecular weight is 438 g/mol. The molecule has 0 bridgehead atoms. The van der Waals surface area contributed by atoms with Gasteiger partial charge in [-0.3, -0.25) is 4.79 Å². The molecule has 2 heterocycles. The van der Waals surface area contributed by atoms with E-state index in [9.17, 15) is 13.6 Å². The molecule has 0 aliphatic carbocycles. The van der Waals surface area contributed by atoms with Gasteiger partial charge in [-0.1, -0.05) is 19.1 Å². The van der Waals surface area contributed by atoms with Crippen LogP contribution in [0.25, 0.3) is 0 Å². The van der Waals surface area contributed by atoms with E-state index in [1.807, 2.05) is 41.0 Å². The van der Waals surface area contributed by atoms with Gasteiger partial charge < -0.3 is 14.5 Å². The molecule has 1 aromatic heterocycles. The Morgan fingerprint density at radius 2 is 1.88 bits per heavy atom. The van der Waals surface area contributed by atoms with Crippen LogP contribution in [0.3, 0.4) is 0 Å². The second kappa shape index (κ2) is 9.30. The first-order chi connectivity index (χ1) is 15.4. The molecule has 0 unspecified atom stereocenters. The fourth-order valence-corrected chi connectivity index (χ4v) is 3.75. The van der Waals surface area contributed by atoms with Crippen molar-refractivity contribution in [1.29, 1.82) is 0 Å². The smallest absolute Gasteiger partial charge is 0.254 e. The number of piperazine rings is 1. The number of benzene rings is 2. The molecular formula is C24H24F2N4O2. The Morgan fingerprint density at radius 3 is 2.56 bits per heavy atom. The van der Waals surface area contributed by atoms with Gasteiger partial charge >= 0.3 is 0 Å². The maximum atomic E-state index is 13.9. The van der Waals surface area contributed by atoms with E-state index in [1.54, 1.807) is 6.07 Å². The van der Waals surface area contributed by atoms with Crippen molar-refractivity contribution in [3.8, 4) is 11.6 Å². The van der Waals surface area contributed by atoms with E-state index >= 15 is 0 Å². The van der Waals surface area contributed by atoms with Gasteiger partial charge in [0.2, 0.25) is 5.88 Å². The Bertz CT molecular complexity index is 1110. The molecule has 1 aliphatic heterocycles. The lowest BCUT2D eigenvalue weighted by Crippen LogP contribution is -2.54. The van der Waals surface area contributed by atoms with Crippen LogP contribution in [0.5, 0.6) is 11.6 Å². The molecule has 4 rings (SSSR count). The van der Waals surface area contributed by atoms with E-state index in [-0.39, 0.29) is 23.6 Å². The molecule has 3 aromatic rings. The Kier molecular flexibility index (Phi) is 6.30. The van der Waals surface area contributed by atoms with E-state index in [4.69, 9.17) is 4.74 Å². The van der Waals surface area contributed by atoms with Crippen molar-refractivity contribution in [2.45, 2.75) is 26.3 Å². The fraction of sp³-hybridized carbons (Fsp3) is 0.292. The molecule has 8 heteroatoms. The topological polar surface area (TPSA) is 58.6 Å². The highest BCUT2D eigenvalue weighted by molar-refractivity contribution is 5.94. The lowest BCUT2D eigenvalue weighted by molar-refractivity contribution is 0.0673. The molecule has 1 amide bonds. The lowest BCUT2D eigenvalue weighted by Gasteiger charge is -2.40. The number of anilines is 1. The summed E-state index contributed by atoms with van der Waals surface area (Å²) in [6, 6.07) is 12.4. The van der Waals surface area contributed by atoms with Crippen molar-refractivity contribution in [1.82, 2.24) is 14.9 Å². The zero-order chi connectivity index (χ0) is 22.7. The van der Waals surface area contributed by atoms with Gasteiger partial charge in [0, 0.05) is 43.4 Å². The molecule has 0 spiro atoms. The van der Waals surface area contributed by atoms with E-state index in [0.717, 1.165) is 18.6 Å². The van der Waals surface area contributed by atoms with Crippen LogP contribution in [-0.4, -0.2) is 46.5 Å². The van der Waals surface area contributed by atoms with Gasteiger partial charge in [0.1, 0.15) is 18.0 Å². The summed E-state index contributed by atoms with van der Waals surface area (Å²) >= 11 is 0. The molecule has 1 fully saturated rings. The molecule has 0 saturated carbocycles. The standard InChI is InChI=1S/C24H24F2N4O2/c1-3-17-4-6-18(7-5-17)24(31)30-11-10-29(14-16(30)2)22-13-23(28-15-27-22)32-21-9-8-19(25)12-20(21)26/h4-9,12-13,15-16H,3,10-11,14H2,1-2H3/t16-/m1/s1. The van der Waals surface area contributed by atoms with E-state index in [2.05, 4.69) is 16.9 Å². The number of amides is 1. The minimum absolute atomic E-state index is 0.0123. The minimum Gasteiger partial charge on any atom is -0.436 e. The van der Waals surface area contributed by atoms with Gasteiger partial charge in [-0.15, -0.1) is 0 Å². The third-order valence-corrected chi connectivity index (χ3v) is 5.56. The number of rotatable bonds is 5. The monoisotopic (exact) mass is 438 g/mol. The van der Waals surface area contributed by atoms with Crippen molar-refractivity contribution in [2.24, 2.45) is 0 Å². The summed E-state index contributed by atoms with van der Waals surface area (Å²) in [5.74, 6) is -0.822. The van der Waals surface area contributed by atoms with E-state index < -0.39 is 11.6 Å². The van der Waals surface area contributed by atoms with Crippen LogP contribution in [0.1, 0.15) is 29.8 Å². The van der Waals surface area contributed by atoms with Crippen molar-refractivity contribution in [3.63, 3.8) is 0 Å². The number of ether oxygens (including phenoxy) is 1. The van der Waals surface area contributed by atoms with Crippen LogP contribution in [0.2, 0.25) is 0 Å². The van der Waals surface area contributed by atoms with Crippen LogP contribution in [0.15, 0.2) is 54.9 Å². The summed E-state index contributed by atoms with van der Waals surface area (Å²) in [7, 11) is 0. The number of hydrogen-bond donors (Lipinski definition) is 0. The first kappa shape index (κ1) is 21.7. The molecule has 32 heavy (non-hydrogen) atoms. The van der Waals surface area contributed by atoms with Crippen LogP contribution >= 0.6 is 0 Å². The highest BCUT2D eigenvalue weighted by atomic mass is 19.1. The number of aryl methyl sites for hydroxylation is 1. The van der Waals surface area contributed by atoms with Crippen LogP contribution in [-0.2, 0) is 6.42 Å². The summed E-state index contributed by atoms with van der Waals surface area (Å²) in [6.07, 6.45) is 2.27. The molecular weight excluding hydrogens is 414 g/mol. The van der Waals surface area contributed by atoms with Crippen LogP contribution < -0.4 is 9.64 Å². The van der Waals surface area contributed by atoms with Crippen LogP contribution in [0.4, 0.5) is 14.6 Å². The molecule has 0 N–H and O–H groups in total. The van der Waals surface area contributed by atoms with Crippen LogP contribution in [0, 0.1) is 11.6 Å². The maximum absolute atomic E-state index is 13.9. The quantitative estimate of drug-likeness (QED) is 0.589. The van der Waals surface area contributed by atoms with E-state index in [1.165, 1.54) is 18.0 Å². The zero-order valence-electron chi connectivity index (χ0n) is 18.0. The SMILES string of the molecule is CCc1ccc(C(=O)N2CCN(c3cc(Oc4ccc(F)cc4F)ncn3)C[C@H]2C)cc1. The van der Waals surface area contributed by atoms with Crippen molar-refractivity contribution >= 4 is 11.7 Å². The summed E-state index contributed by atoms with van der Waals surface area (Å²) < 4.78 is 32.5. The second-order valence-electron chi connectivity index (χ2n) is 7.74. The van der Waals surface area contributed by atoms with Gasteiger partial charge in [0.15, 0.2) is 11.6 Å². The molecule has 1 aliphatic rings. The predicted molar refractivity (Wildman–Crippen MR) is 117 cm³/mol. The van der Waals surface area contributed by atoms with Gasteiger partial charge in [0.25, 0.3) is 5.91 Å². The number of carbonyl (C=O) groups excluding carboxylic acids is 1. The third kappa shape index (κ3) is 4.69. The first-order valence-electron chi connectivity index (χ1n) is 10.5. The van der Waals surface area contributed by atoms with Crippen molar-refractivity contribution in [2.75, 3.05) is 24.5 Å².